The van der Waals surface area contributed by atoms with Crippen LogP contribution in [0.25, 0.3) is 0 Å². The van der Waals surface area contributed by atoms with E-state index < -0.39 is 0 Å². The first-order valence-electron chi connectivity index (χ1n) is 6.52. The molecule has 0 saturated carbocycles. The highest BCUT2D eigenvalue weighted by molar-refractivity contribution is 7.98. The second kappa shape index (κ2) is 8.20. The van der Waals surface area contributed by atoms with Crippen LogP contribution in [0.2, 0.25) is 5.02 Å². The van der Waals surface area contributed by atoms with Gasteiger partial charge in [-0.25, -0.2) is 0 Å². The molecule has 2 nitrogen and oxygen atoms in total. The number of rotatable bonds is 7. The lowest BCUT2D eigenvalue weighted by molar-refractivity contribution is 0.343. The lowest BCUT2D eigenvalue weighted by Crippen LogP contribution is -2.02. The van der Waals surface area contributed by atoms with Crippen molar-refractivity contribution in [1.82, 2.24) is 0 Å². The summed E-state index contributed by atoms with van der Waals surface area (Å²) in [6.07, 6.45) is 0. The summed E-state index contributed by atoms with van der Waals surface area (Å²) in [4.78, 5) is 0. The molecule has 0 atom stereocenters. The van der Waals surface area contributed by atoms with E-state index in [1.54, 1.807) is 0 Å². The molecule has 0 aromatic heterocycles. The van der Waals surface area contributed by atoms with E-state index >= 15 is 0 Å². The first-order valence-corrected chi connectivity index (χ1v) is 8.06. The van der Waals surface area contributed by atoms with Crippen LogP contribution in [0.3, 0.4) is 0 Å². The summed E-state index contributed by atoms with van der Waals surface area (Å²) in [6.45, 7) is 1.22. The molecule has 0 unspecified atom stereocenters. The van der Waals surface area contributed by atoms with Gasteiger partial charge in [-0.15, -0.1) is 0 Å². The van der Waals surface area contributed by atoms with Crippen LogP contribution in [-0.4, -0.2) is 12.4 Å². The minimum absolute atomic E-state index is 0.540. The Morgan fingerprint density at radius 2 is 1.95 bits per heavy atom. The van der Waals surface area contributed by atoms with E-state index in [2.05, 4.69) is 6.07 Å². The van der Waals surface area contributed by atoms with Gasteiger partial charge in [0.25, 0.3) is 0 Å². The molecule has 0 bridgehead atoms. The normalized spacial score (nSPS) is 10.5. The summed E-state index contributed by atoms with van der Waals surface area (Å²) in [7, 11) is 0. The van der Waals surface area contributed by atoms with Crippen molar-refractivity contribution >= 4 is 23.4 Å². The highest BCUT2D eigenvalue weighted by Crippen LogP contribution is 2.21. The lowest BCUT2D eigenvalue weighted by Gasteiger charge is -2.08. The fourth-order valence-corrected chi connectivity index (χ4v) is 2.88. The largest absolute Gasteiger partial charge is 0.493 e. The Kier molecular flexibility index (Phi) is 6.25. The molecular formula is C16H18ClNOS. The van der Waals surface area contributed by atoms with E-state index in [1.165, 1.54) is 5.56 Å². The van der Waals surface area contributed by atoms with Crippen LogP contribution in [0.5, 0.6) is 5.75 Å². The van der Waals surface area contributed by atoms with Crippen molar-refractivity contribution in [3.63, 3.8) is 0 Å². The highest BCUT2D eigenvalue weighted by Gasteiger charge is 2.00. The summed E-state index contributed by atoms with van der Waals surface area (Å²) >= 11 is 7.93. The first kappa shape index (κ1) is 15.2. The zero-order valence-corrected chi connectivity index (χ0v) is 12.8. The smallest absolute Gasteiger partial charge is 0.119 e. The predicted molar refractivity (Wildman–Crippen MR) is 87.4 cm³/mol. The molecule has 0 saturated heterocycles. The zero-order chi connectivity index (χ0) is 14.2. The third-order valence-electron chi connectivity index (χ3n) is 2.85. The van der Waals surface area contributed by atoms with Gasteiger partial charge in [0.15, 0.2) is 0 Å². The van der Waals surface area contributed by atoms with Crippen LogP contribution in [0.4, 0.5) is 0 Å². The van der Waals surface area contributed by atoms with Crippen LogP contribution in [0, 0.1) is 0 Å². The van der Waals surface area contributed by atoms with Crippen LogP contribution in [0.15, 0.2) is 48.5 Å². The molecule has 0 radical (unpaired) electrons. The van der Waals surface area contributed by atoms with Crippen molar-refractivity contribution in [2.24, 2.45) is 5.73 Å². The molecule has 106 valence electrons. The second-order valence-corrected chi connectivity index (χ2v) is 5.86. The summed E-state index contributed by atoms with van der Waals surface area (Å²) in [6, 6.07) is 15.8. The van der Waals surface area contributed by atoms with Crippen molar-refractivity contribution in [3.8, 4) is 5.75 Å². The highest BCUT2D eigenvalue weighted by atomic mass is 35.5. The molecule has 0 fully saturated rings. The van der Waals surface area contributed by atoms with Gasteiger partial charge in [-0.3, -0.25) is 0 Å². The van der Waals surface area contributed by atoms with Gasteiger partial charge >= 0.3 is 0 Å². The molecule has 2 N–H and O–H groups in total. The maximum Gasteiger partial charge on any atom is 0.119 e. The Hall–Kier alpha value is -1.16. The molecule has 0 aliphatic rings. The van der Waals surface area contributed by atoms with Crippen LogP contribution in [-0.2, 0) is 12.3 Å². The third-order valence-corrected chi connectivity index (χ3v) is 4.19. The maximum atomic E-state index is 6.11. The molecule has 2 aromatic carbocycles. The molecule has 20 heavy (non-hydrogen) atoms. The average molecular weight is 308 g/mol. The second-order valence-electron chi connectivity index (χ2n) is 4.34. The molecule has 4 heteroatoms. The summed E-state index contributed by atoms with van der Waals surface area (Å²) in [5.41, 5.74) is 7.86. The van der Waals surface area contributed by atoms with E-state index in [1.807, 2.05) is 54.2 Å². The Bertz CT molecular complexity index is 548. The van der Waals surface area contributed by atoms with Gasteiger partial charge in [0.2, 0.25) is 0 Å². The van der Waals surface area contributed by atoms with E-state index in [4.69, 9.17) is 22.1 Å². The van der Waals surface area contributed by atoms with Gasteiger partial charge in [0, 0.05) is 23.1 Å². The predicted octanol–water partition coefficient (Wildman–Crippen LogP) is 4.11. The quantitative estimate of drug-likeness (QED) is 0.782. The topological polar surface area (TPSA) is 35.2 Å². The number of ether oxygens (including phenoxy) is 1. The SMILES string of the molecule is NCc1cccc(OCCSCc2ccccc2Cl)c1. The Morgan fingerprint density at radius 3 is 2.75 bits per heavy atom. The summed E-state index contributed by atoms with van der Waals surface area (Å²) in [5.74, 6) is 2.72. The number of nitrogens with two attached hydrogens (primary N) is 1. The van der Waals surface area contributed by atoms with E-state index in [0.29, 0.717) is 13.2 Å². The Morgan fingerprint density at radius 1 is 1.10 bits per heavy atom. The van der Waals surface area contributed by atoms with Gasteiger partial charge < -0.3 is 10.5 Å². The third kappa shape index (κ3) is 4.75. The number of hydrogen-bond donors (Lipinski definition) is 1. The maximum absolute atomic E-state index is 6.11. The molecule has 0 heterocycles. The molecule has 2 rings (SSSR count). The number of thioether (sulfide) groups is 1. The van der Waals surface area contributed by atoms with Crippen molar-refractivity contribution in [1.29, 1.82) is 0 Å². The van der Waals surface area contributed by atoms with Crippen LogP contribution < -0.4 is 10.5 Å². The Balaban J connectivity index is 1.70. The van der Waals surface area contributed by atoms with E-state index in [0.717, 1.165) is 27.8 Å². The number of halogens is 1. The van der Waals surface area contributed by atoms with Gasteiger partial charge in [0.05, 0.1) is 6.61 Å². The van der Waals surface area contributed by atoms with Gasteiger partial charge in [-0.2, -0.15) is 11.8 Å². The minimum Gasteiger partial charge on any atom is -0.493 e. The van der Waals surface area contributed by atoms with Crippen molar-refractivity contribution in [2.45, 2.75) is 12.3 Å². The molecular weight excluding hydrogens is 290 g/mol. The van der Waals surface area contributed by atoms with Crippen molar-refractivity contribution in [3.05, 3.63) is 64.7 Å². The fourth-order valence-electron chi connectivity index (χ4n) is 1.78. The van der Waals surface area contributed by atoms with Crippen molar-refractivity contribution < 1.29 is 4.74 Å². The lowest BCUT2D eigenvalue weighted by atomic mass is 10.2. The molecule has 0 aliphatic carbocycles. The number of hydrogen-bond acceptors (Lipinski definition) is 3. The molecule has 0 amide bonds. The fraction of sp³-hybridized carbons (Fsp3) is 0.250. The van der Waals surface area contributed by atoms with E-state index in [-0.39, 0.29) is 0 Å². The summed E-state index contributed by atoms with van der Waals surface area (Å²) < 4.78 is 5.71. The Labute approximate surface area is 129 Å². The standard InChI is InChI=1S/C16H18ClNOS/c17-16-7-2-1-5-14(16)12-20-9-8-19-15-6-3-4-13(10-15)11-18/h1-7,10H,8-9,11-12,18H2. The minimum atomic E-state index is 0.540. The van der Waals surface area contributed by atoms with Gasteiger partial charge in [-0.1, -0.05) is 41.9 Å². The average Bonchev–Trinajstić information content (AvgIpc) is 2.49. The van der Waals surface area contributed by atoms with E-state index in [9.17, 15) is 0 Å². The molecule has 2 aromatic rings. The van der Waals surface area contributed by atoms with Crippen LogP contribution in [0.1, 0.15) is 11.1 Å². The van der Waals surface area contributed by atoms with Gasteiger partial charge in [-0.05, 0) is 29.3 Å². The summed E-state index contributed by atoms with van der Waals surface area (Å²) in [5, 5.41) is 0.830. The van der Waals surface area contributed by atoms with Gasteiger partial charge in [0.1, 0.15) is 5.75 Å². The molecule has 0 spiro atoms. The van der Waals surface area contributed by atoms with Crippen LogP contribution >= 0.6 is 23.4 Å². The first-order chi connectivity index (χ1) is 9.79. The molecule has 0 aliphatic heterocycles. The van der Waals surface area contributed by atoms with Crippen molar-refractivity contribution in [2.75, 3.05) is 12.4 Å². The zero-order valence-electron chi connectivity index (χ0n) is 11.2. The number of benzene rings is 2. The monoisotopic (exact) mass is 307 g/mol.